The normalized spacial score (nSPS) is 13.2. The molecule has 1 atom stereocenters. The van der Waals surface area contributed by atoms with E-state index in [0.717, 1.165) is 0 Å². The predicted molar refractivity (Wildman–Crippen MR) is 35.0 cm³/mol. The summed E-state index contributed by atoms with van der Waals surface area (Å²) in [6, 6.07) is -0.378. The lowest BCUT2D eigenvalue weighted by Gasteiger charge is -2.00. The van der Waals surface area contributed by atoms with Crippen molar-refractivity contribution in [2.45, 2.75) is 25.8 Å². The van der Waals surface area contributed by atoms with Gasteiger partial charge in [0.1, 0.15) is 5.78 Å². The average molecular weight is 131 g/mol. The number of carbonyl (C=O) groups is 1. The van der Waals surface area contributed by atoms with Gasteiger partial charge in [-0.15, -0.1) is 0 Å². The Labute approximate surface area is 54.9 Å². The Balaban J connectivity index is 3.28. The van der Waals surface area contributed by atoms with E-state index in [1.54, 1.807) is 6.92 Å². The number of aliphatic hydroxyl groups excluding tert-OH is 1. The lowest BCUT2D eigenvalue weighted by Crippen LogP contribution is -2.26. The lowest BCUT2D eigenvalue weighted by atomic mass is 10.1. The van der Waals surface area contributed by atoms with E-state index in [4.69, 9.17) is 10.8 Å². The molecule has 3 N–H and O–H groups in total. The molecule has 0 bridgehead atoms. The van der Waals surface area contributed by atoms with Gasteiger partial charge in [-0.25, -0.2) is 0 Å². The first kappa shape index (κ1) is 8.59. The average Bonchev–Trinajstić information content (AvgIpc) is 1.82. The van der Waals surface area contributed by atoms with Gasteiger partial charge in [0.05, 0.1) is 6.04 Å². The van der Waals surface area contributed by atoms with Crippen molar-refractivity contribution in [2.75, 3.05) is 6.61 Å². The monoisotopic (exact) mass is 131 g/mol. The molecule has 0 aliphatic rings. The summed E-state index contributed by atoms with van der Waals surface area (Å²) in [6.07, 6.45) is 0.925. The highest BCUT2D eigenvalue weighted by atomic mass is 16.3. The first-order chi connectivity index (χ1) is 4.18. The van der Waals surface area contributed by atoms with Gasteiger partial charge >= 0.3 is 0 Å². The van der Waals surface area contributed by atoms with E-state index in [1.807, 2.05) is 0 Å². The van der Waals surface area contributed by atoms with Crippen molar-refractivity contribution in [3.63, 3.8) is 0 Å². The Morgan fingerprint density at radius 3 is 2.67 bits per heavy atom. The molecule has 0 radical (unpaired) electrons. The molecule has 0 aromatic rings. The summed E-state index contributed by atoms with van der Waals surface area (Å²) in [5.74, 6) is 0.0176. The zero-order valence-corrected chi connectivity index (χ0v) is 5.63. The third-order valence-corrected chi connectivity index (χ3v) is 1.09. The number of Topliss-reactive ketones (excluding diaryl/α,β-unsaturated/α-hetero) is 1. The Hall–Kier alpha value is -0.410. The van der Waals surface area contributed by atoms with Crippen LogP contribution in [-0.4, -0.2) is 23.5 Å². The van der Waals surface area contributed by atoms with Crippen molar-refractivity contribution in [1.82, 2.24) is 0 Å². The quantitative estimate of drug-likeness (QED) is 0.549. The summed E-state index contributed by atoms with van der Waals surface area (Å²) < 4.78 is 0. The number of rotatable bonds is 4. The summed E-state index contributed by atoms with van der Waals surface area (Å²) in [6.45, 7) is 1.72. The molecule has 0 spiro atoms. The fraction of sp³-hybridized carbons (Fsp3) is 0.833. The second kappa shape index (κ2) is 4.47. The maximum absolute atomic E-state index is 10.7. The van der Waals surface area contributed by atoms with E-state index >= 15 is 0 Å². The molecule has 0 aliphatic carbocycles. The van der Waals surface area contributed by atoms with E-state index in [2.05, 4.69) is 0 Å². The van der Waals surface area contributed by atoms with Crippen LogP contribution in [0.4, 0.5) is 0 Å². The molecule has 0 aliphatic heterocycles. The Kier molecular flexibility index (Phi) is 4.26. The molecule has 3 nitrogen and oxygen atoms in total. The van der Waals surface area contributed by atoms with Crippen LogP contribution in [0.3, 0.4) is 0 Å². The van der Waals surface area contributed by atoms with E-state index in [1.165, 1.54) is 0 Å². The van der Waals surface area contributed by atoms with Crippen LogP contribution in [0.25, 0.3) is 0 Å². The van der Waals surface area contributed by atoms with Crippen molar-refractivity contribution in [3.05, 3.63) is 0 Å². The van der Waals surface area contributed by atoms with Crippen LogP contribution in [0.2, 0.25) is 0 Å². The fourth-order valence-electron chi connectivity index (χ4n) is 0.481. The van der Waals surface area contributed by atoms with Crippen LogP contribution >= 0.6 is 0 Å². The minimum atomic E-state index is -0.378. The number of hydrogen-bond donors (Lipinski definition) is 2. The molecule has 3 heteroatoms. The highest BCUT2D eigenvalue weighted by Crippen LogP contribution is 1.91. The van der Waals surface area contributed by atoms with E-state index in [-0.39, 0.29) is 18.4 Å². The van der Waals surface area contributed by atoms with Crippen molar-refractivity contribution < 1.29 is 9.90 Å². The van der Waals surface area contributed by atoms with Crippen LogP contribution in [0, 0.1) is 0 Å². The fourth-order valence-corrected chi connectivity index (χ4v) is 0.481. The van der Waals surface area contributed by atoms with Crippen molar-refractivity contribution in [3.8, 4) is 0 Å². The third kappa shape index (κ3) is 4.12. The van der Waals surface area contributed by atoms with Gasteiger partial charge in [-0.1, -0.05) is 0 Å². The van der Waals surface area contributed by atoms with Crippen LogP contribution in [0.15, 0.2) is 0 Å². The summed E-state index contributed by atoms with van der Waals surface area (Å²) in [4.78, 5) is 10.7. The molecule has 0 fully saturated rings. The van der Waals surface area contributed by atoms with Crippen LogP contribution in [0.1, 0.15) is 19.8 Å². The molecular formula is C6H13NO2. The highest BCUT2D eigenvalue weighted by Gasteiger charge is 2.04. The second-order valence-electron chi connectivity index (χ2n) is 2.08. The number of ketones is 1. The summed E-state index contributed by atoms with van der Waals surface area (Å²) >= 11 is 0. The molecule has 0 heterocycles. The van der Waals surface area contributed by atoms with E-state index in [0.29, 0.717) is 12.8 Å². The molecule has 0 amide bonds. The van der Waals surface area contributed by atoms with Crippen LogP contribution < -0.4 is 5.73 Å². The standard InChI is InChI=1S/C6H13NO2/c1-5(7)6(9)3-2-4-8/h5,8H,2-4,7H2,1H3/t5-/m0/s1. The number of carbonyl (C=O) groups excluding carboxylic acids is 1. The molecule has 0 aromatic carbocycles. The van der Waals surface area contributed by atoms with Gasteiger partial charge in [-0.3, -0.25) is 4.79 Å². The smallest absolute Gasteiger partial charge is 0.149 e. The summed E-state index contributed by atoms with van der Waals surface area (Å²) in [7, 11) is 0. The van der Waals surface area contributed by atoms with E-state index < -0.39 is 0 Å². The van der Waals surface area contributed by atoms with Gasteiger partial charge < -0.3 is 10.8 Å². The SMILES string of the molecule is C[C@H](N)C(=O)CCCO. The van der Waals surface area contributed by atoms with Crippen LogP contribution in [0.5, 0.6) is 0 Å². The van der Waals surface area contributed by atoms with E-state index in [9.17, 15) is 4.79 Å². The van der Waals surface area contributed by atoms with Crippen LogP contribution in [-0.2, 0) is 4.79 Å². The largest absolute Gasteiger partial charge is 0.396 e. The Morgan fingerprint density at radius 1 is 1.78 bits per heavy atom. The number of aliphatic hydroxyl groups is 1. The summed E-state index contributed by atoms with van der Waals surface area (Å²) in [5, 5.41) is 8.30. The molecule has 0 saturated carbocycles. The Bertz CT molecular complexity index is 91.1. The van der Waals surface area contributed by atoms with Crippen molar-refractivity contribution in [1.29, 1.82) is 0 Å². The zero-order valence-electron chi connectivity index (χ0n) is 5.63. The molecular weight excluding hydrogens is 118 g/mol. The first-order valence-electron chi connectivity index (χ1n) is 3.07. The third-order valence-electron chi connectivity index (χ3n) is 1.09. The van der Waals surface area contributed by atoms with Crippen molar-refractivity contribution in [2.24, 2.45) is 5.73 Å². The molecule has 0 unspecified atom stereocenters. The van der Waals surface area contributed by atoms with Gasteiger partial charge in [0, 0.05) is 13.0 Å². The van der Waals surface area contributed by atoms with Crippen molar-refractivity contribution >= 4 is 5.78 Å². The maximum Gasteiger partial charge on any atom is 0.149 e. The lowest BCUT2D eigenvalue weighted by molar-refractivity contribution is -0.120. The molecule has 0 aromatic heterocycles. The molecule has 54 valence electrons. The number of nitrogens with two attached hydrogens (primary N) is 1. The van der Waals surface area contributed by atoms with Gasteiger partial charge in [0.25, 0.3) is 0 Å². The van der Waals surface area contributed by atoms with Gasteiger partial charge in [-0.05, 0) is 13.3 Å². The topological polar surface area (TPSA) is 63.3 Å². The Morgan fingerprint density at radius 2 is 2.33 bits per heavy atom. The summed E-state index contributed by atoms with van der Waals surface area (Å²) in [5.41, 5.74) is 5.25. The van der Waals surface area contributed by atoms with Gasteiger partial charge in [0.2, 0.25) is 0 Å². The van der Waals surface area contributed by atoms with Gasteiger partial charge in [-0.2, -0.15) is 0 Å². The molecule has 9 heavy (non-hydrogen) atoms. The predicted octanol–water partition coefficient (Wildman–Crippen LogP) is -0.325. The number of hydrogen-bond acceptors (Lipinski definition) is 3. The van der Waals surface area contributed by atoms with Gasteiger partial charge in [0.15, 0.2) is 0 Å². The highest BCUT2D eigenvalue weighted by molar-refractivity contribution is 5.83. The second-order valence-corrected chi connectivity index (χ2v) is 2.08. The maximum atomic E-state index is 10.7. The minimum Gasteiger partial charge on any atom is -0.396 e. The molecule has 0 rings (SSSR count). The minimum absolute atomic E-state index is 0.0176. The molecule has 0 saturated heterocycles. The zero-order chi connectivity index (χ0) is 7.28. The first-order valence-corrected chi connectivity index (χ1v) is 3.07.